The van der Waals surface area contributed by atoms with E-state index in [9.17, 15) is 19.5 Å². The molecule has 2 aliphatic heterocycles. The Bertz CT molecular complexity index is 1240. The number of fused-ring (bicyclic) bond motifs is 1. The Balaban J connectivity index is 1.54. The number of thiazole rings is 2. The molecule has 0 aliphatic carbocycles. The van der Waals surface area contributed by atoms with Crippen molar-refractivity contribution in [3.63, 3.8) is 0 Å². The maximum absolute atomic E-state index is 12.9. The normalized spacial score (nSPS) is 20.2. The van der Waals surface area contributed by atoms with Crippen molar-refractivity contribution in [2.45, 2.75) is 11.4 Å². The van der Waals surface area contributed by atoms with Crippen LogP contribution in [-0.4, -0.2) is 67.9 Å². The van der Waals surface area contributed by atoms with E-state index in [4.69, 9.17) is 26.9 Å². The number of carbonyl (C=O) groups is 3. The first-order valence-corrected chi connectivity index (χ1v) is 12.5. The molecule has 0 bridgehead atoms. The van der Waals surface area contributed by atoms with Gasteiger partial charge >= 0.3 is 6.16 Å². The summed E-state index contributed by atoms with van der Waals surface area (Å²) in [5, 5.41) is 17.0. The van der Waals surface area contributed by atoms with Gasteiger partial charge in [-0.1, -0.05) is 22.8 Å². The van der Waals surface area contributed by atoms with E-state index in [0.717, 1.165) is 11.3 Å². The van der Waals surface area contributed by atoms with Crippen molar-refractivity contribution in [3.8, 4) is 0 Å². The first-order chi connectivity index (χ1) is 16.3. The summed E-state index contributed by atoms with van der Waals surface area (Å²) in [7, 11) is 1.27. The fourth-order valence-corrected chi connectivity index (χ4v) is 5.83. The van der Waals surface area contributed by atoms with Crippen molar-refractivity contribution >= 4 is 80.9 Å². The second-order valence-electron chi connectivity index (χ2n) is 6.59. The molecular formula is C18H15ClN6O6S3. The van der Waals surface area contributed by atoms with Crippen LogP contribution in [0.25, 0.3) is 6.08 Å². The van der Waals surface area contributed by atoms with Gasteiger partial charge in [-0.3, -0.25) is 14.5 Å². The molecule has 2 aromatic heterocycles. The van der Waals surface area contributed by atoms with Crippen LogP contribution in [0.1, 0.15) is 10.6 Å². The number of aromatic nitrogens is 2. The van der Waals surface area contributed by atoms with Gasteiger partial charge in [0.15, 0.2) is 10.8 Å². The van der Waals surface area contributed by atoms with Crippen molar-refractivity contribution in [2.24, 2.45) is 5.16 Å². The number of nitrogens with two attached hydrogens (primary N) is 1. The smallest absolute Gasteiger partial charge is 0.449 e. The summed E-state index contributed by atoms with van der Waals surface area (Å²) >= 11 is 9.75. The zero-order valence-electron chi connectivity index (χ0n) is 17.1. The molecule has 2 atom stereocenters. The summed E-state index contributed by atoms with van der Waals surface area (Å²) in [5.41, 5.74) is 7.71. The van der Waals surface area contributed by atoms with Crippen LogP contribution in [0, 0.1) is 0 Å². The van der Waals surface area contributed by atoms with Crippen LogP contribution in [0.15, 0.2) is 33.6 Å². The van der Waals surface area contributed by atoms with Crippen LogP contribution in [0.2, 0.25) is 5.15 Å². The van der Waals surface area contributed by atoms with Crippen LogP contribution < -0.4 is 11.1 Å². The Kier molecular flexibility index (Phi) is 7.06. The van der Waals surface area contributed by atoms with Crippen molar-refractivity contribution in [1.82, 2.24) is 20.2 Å². The molecule has 1 unspecified atom stereocenters. The topological polar surface area (TPSA) is 169 Å². The first-order valence-electron chi connectivity index (χ1n) is 9.29. The Morgan fingerprint density at radius 3 is 2.82 bits per heavy atom. The van der Waals surface area contributed by atoms with Crippen LogP contribution in [0.5, 0.6) is 0 Å². The number of nitrogen functional groups attached to an aromatic ring is 1. The minimum Gasteiger partial charge on any atom is -0.449 e. The first kappa shape index (κ1) is 24.0. The van der Waals surface area contributed by atoms with Crippen molar-refractivity contribution < 1.29 is 29.1 Å². The van der Waals surface area contributed by atoms with Gasteiger partial charge in [0.25, 0.3) is 11.8 Å². The number of carbonyl (C=O) groups excluding carboxylic acids is 2. The molecule has 4 heterocycles. The quantitative estimate of drug-likeness (QED) is 0.204. The molecule has 4 rings (SSSR count). The Labute approximate surface area is 209 Å². The number of nitrogens with one attached hydrogen (secondary N) is 1. The number of hydrogen-bond acceptors (Lipinski definition) is 12. The summed E-state index contributed by atoms with van der Waals surface area (Å²) < 4.78 is 4.93. The molecule has 0 saturated carbocycles. The number of nitrogens with zero attached hydrogens (tertiary/aromatic N) is 4. The molecule has 2 aliphatic rings. The summed E-state index contributed by atoms with van der Waals surface area (Å²) in [4.78, 5) is 51.6. The maximum atomic E-state index is 12.9. The van der Waals surface area contributed by atoms with E-state index in [1.54, 1.807) is 17.7 Å². The molecule has 1 saturated heterocycles. The van der Waals surface area contributed by atoms with E-state index in [1.807, 2.05) is 0 Å². The van der Waals surface area contributed by atoms with E-state index >= 15 is 0 Å². The molecule has 0 spiro atoms. The average Bonchev–Trinajstić information content (AvgIpc) is 3.41. The number of carboxylic acid groups (broad SMARTS) is 1. The third-order valence-corrected chi connectivity index (χ3v) is 7.75. The number of ether oxygens (including phenoxy) is 1. The summed E-state index contributed by atoms with van der Waals surface area (Å²) in [6, 6.07) is -0.940. The molecule has 178 valence electrons. The molecule has 34 heavy (non-hydrogen) atoms. The molecule has 2 amide bonds. The monoisotopic (exact) mass is 542 g/mol. The number of oxime groups is 1. The van der Waals surface area contributed by atoms with Crippen LogP contribution >= 0.6 is 46.0 Å². The summed E-state index contributed by atoms with van der Waals surface area (Å²) in [5.74, 6) is -1.04. The van der Waals surface area contributed by atoms with Gasteiger partial charge in [0, 0.05) is 16.7 Å². The fourth-order valence-electron chi connectivity index (χ4n) is 3.12. The van der Waals surface area contributed by atoms with E-state index in [1.165, 1.54) is 40.5 Å². The number of rotatable bonds is 7. The lowest BCUT2D eigenvalue weighted by Gasteiger charge is -2.48. The third kappa shape index (κ3) is 4.72. The molecule has 2 aromatic rings. The Morgan fingerprint density at radius 2 is 2.21 bits per heavy atom. The fraction of sp³-hybridized carbons (Fsp3) is 0.222. The minimum absolute atomic E-state index is 0.123. The second-order valence-corrected chi connectivity index (χ2v) is 9.83. The summed E-state index contributed by atoms with van der Waals surface area (Å²) in [6.45, 7) is 0. The van der Waals surface area contributed by atoms with Gasteiger partial charge in [0.1, 0.15) is 29.4 Å². The lowest BCUT2D eigenvalue weighted by Crippen LogP contribution is -2.70. The number of allylic oxidation sites excluding steroid dienone is 1. The van der Waals surface area contributed by atoms with Crippen molar-refractivity contribution in [2.75, 3.05) is 18.6 Å². The molecule has 4 N–H and O–H groups in total. The lowest BCUT2D eigenvalue weighted by molar-refractivity contribution is -0.148. The number of halogens is 1. The predicted octanol–water partition coefficient (Wildman–Crippen LogP) is 2.21. The largest absolute Gasteiger partial charge is 0.512 e. The van der Waals surface area contributed by atoms with Crippen molar-refractivity contribution in [1.29, 1.82) is 0 Å². The minimum atomic E-state index is -1.57. The summed E-state index contributed by atoms with van der Waals surface area (Å²) in [6.07, 6.45) is 1.71. The van der Waals surface area contributed by atoms with E-state index < -0.39 is 29.4 Å². The highest BCUT2D eigenvalue weighted by Gasteiger charge is 2.54. The Morgan fingerprint density at radius 1 is 1.41 bits per heavy atom. The predicted molar refractivity (Wildman–Crippen MR) is 127 cm³/mol. The van der Waals surface area contributed by atoms with E-state index in [0.29, 0.717) is 21.4 Å². The van der Waals surface area contributed by atoms with Gasteiger partial charge < -0.3 is 25.7 Å². The van der Waals surface area contributed by atoms with Crippen molar-refractivity contribution in [3.05, 3.63) is 44.1 Å². The van der Waals surface area contributed by atoms with Gasteiger partial charge in [-0.15, -0.1) is 34.4 Å². The lowest BCUT2D eigenvalue weighted by atomic mass is 10.1. The van der Waals surface area contributed by atoms with Gasteiger partial charge in [0.05, 0.1) is 10.4 Å². The van der Waals surface area contributed by atoms with Gasteiger partial charge in [0.2, 0.25) is 5.88 Å². The average molecular weight is 543 g/mol. The van der Waals surface area contributed by atoms with Crippen LogP contribution in [0.4, 0.5) is 9.93 Å². The highest BCUT2D eigenvalue weighted by atomic mass is 35.5. The number of hydrogen-bond donors (Lipinski definition) is 3. The molecule has 16 heteroatoms. The Hall–Kier alpha value is -3.14. The molecule has 0 aromatic carbocycles. The molecule has 0 radical (unpaired) electrons. The maximum Gasteiger partial charge on any atom is 0.512 e. The third-order valence-electron chi connectivity index (χ3n) is 4.56. The highest BCUT2D eigenvalue weighted by Crippen LogP contribution is 2.41. The van der Waals surface area contributed by atoms with Crippen LogP contribution in [-0.2, 0) is 19.2 Å². The molecule has 1 fully saturated rings. The second kappa shape index (κ2) is 10.0. The van der Waals surface area contributed by atoms with Gasteiger partial charge in [-0.25, -0.2) is 14.8 Å². The molecule has 12 nitrogen and oxygen atoms in total. The van der Waals surface area contributed by atoms with Crippen LogP contribution in [0.3, 0.4) is 0 Å². The number of thioether (sulfide) groups is 1. The van der Waals surface area contributed by atoms with Gasteiger partial charge in [-0.2, -0.15) is 0 Å². The standard InChI is InChI=1S/C18H15ClN6O6S3/c1-30-24-10(8-5-33-17(20)22-8)13(26)23-11-14(27)25-15(31-18(28)29)7(4-32-16(11)25)2-3-9-12(19)21-6-34-9/h2-3,5-6,11,16H,4H2,1H3,(H2,20,22)(H,23,26)(H,28,29)/t11?,16-/m0/s1. The molecular weight excluding hydrogens is 528 g/mol. The SMILES string of the molecule is CON=C(C(=O)NC1C(=O)N2C(OC(=O)O)=C(C=Cc3scnc3Cl)CS[C@@H]12)c1csc(N)n1. The number of anilines is 1. The zero-order valence-corrected chi connectivity index (χ0v) is 20.3. The van der Waals surface area contributed by atoms with E-state index in [2.05, 4.69) is 20.4 Å². The van der Waals surface area contributed by atoms with E-state index in [-0.39, 0.29) is 22.4 Å². The van der Waals surface area contributed by atoms with Gasteiger partial charge in [-0.05, 0) is 6.08 Å². The highest BCUT2D eigenvalue weighted by molar-refractivity contribution is 8.00. The zero-order chi connectivity index (χ0) is 24.4. The number of amides is 2. The number of β-lactam (4-membered cyclic amide) rings is 1.